The van der Waals surface area contributed by atoms with Gasteiger partial charge < -0.3 is 10.2 Å². The van der Waals surface area contributed by atoms with Crippen LogP contribution < -0.4 is 10.2 Å². The molecule has 3 aliphatic rings. The van der Waals surface area contributed by atoms with Crippen molar-refractivity contribution >= 4 is 34.9 Å². The number of hydrogen-bond donors (Lipinski definition) is 1. The number of imide groups is 1. The van der Waals surface area contributed by atoms with Gasteiger partial charge in [-0.2, -0.15) is 0 Å². The third kappa shape index (κ3) is 2.34. The van der Waals surface area contributed by atoms with Gasteiger partial charge in [-0.05, 0) is 48.8 Å². The van der Waals surface area contributed by atoms with Crippen molar-refractivity contribution in [3.63, 3.8) is 0 Å². The van der Waals surface area contributed by atoms with E-state index in [0.29, 0.717) is 13.0 Å². The van der Waals surface area contributed by atoms with Gasteiger partial charge in [-0.25, -0.2) is 4.79 Å². The molecule has 0 saturated carbocycles. The molecule has 2 aliphatic heterocycles. The molecule has 1 fully saturated rings. The van der Waals surface area contributed by atoms with E-state index in [-0.39, 0.29) is 18.4 Å². The molecule has 1 aliphatic carbocycles. The van der Waals surface area contributed by atoms with Gasteiger partial charge in [0.2, 0.25) is 5.91 Å². The van der Waals surface area contributed by atoms with Gasteiger partial charge in [0.15, 0.2) is 0 Å². The molecule has 3 heterocycles. The van der Waals surface area contributed by atoms with Gasteiger partial charge in [0.25, 0.3) is 5.91 Å². The van der Waals surface area contributed by atoms with Crippen LogP contribution in [0, 0.1) is 0 Å². The molecule has 5 rings (SSSR count). The molecule has 1 saturated heterocycles. The van der Waals surface area contributed by atoms with E-state index in [2.05, 4.69) is 5.32 Å². The number of benzene rings is 1. The fraction of sp³-hybridized carbons (Fsp3) is 0.350. The monoisotopic (exact) mass is 381 g/mol. The van der Waals surface area contributed by atoms with Crippen molar-refractivity contribution in [1.29, 1.82) is 0 Å². The molecule has 27 heavy (non-hydrogen) atoms. The Kier molecular flexibility index (Phi) is 3.62. The molecule has 1 spiro atoms. The summed E-state index contributed by atoms with van der Waals surface area (Å²) in [7, 11) is 0. The highest BCUT2D eigenvalue weighted by Crippen LogP contribution is 2.42. The molecule has 0 radical (unpaired) electrons. The van der Waals surface area contributed by atoms with Gasteiger partial charge in [0, 0.05) is 22.7 Å². The summed E-state index contributed by atoms with van der Waals surface area (Å²) in [5, 5.41) is 4.86. The molecule has 4 amide bonds. The first-order chi connectivity index (χ1) is 13.1. The van der Waals surface area contributed by atoms with E-state index in [1.165, 1.54) is 0 Å². The summed E-state index contributed by atoms with van der Waals surface area (Å²) in [5.74, 6) is -0.519. The van der Waals surface area contributed by atoms with E-state index in [1.807, 2.05) is 35.7 Å². The number of aryl methyl sites for hydroxylation is 1. The molecule has 1 N–H and O–H groups in total. The number of carbonyl (C=O) groups is 3. The Balaban J connectivity index is 1.41. The smallest absolute Gasteiger partial charge is 0.319 e. The second kappa shape index (κ2) is 5.92. The lowest BCUT2D eigenvalue weighted by atomic mass is 9.80. The topological polar surface area (TPSA) is 69.7 Å². The lowest BCUT2D eigenvalue weighted by Crippen LogP contribution is -2.47. The predicted molar refractivity (Wildman–Crippen MR) is 102 cm³/mol. The number of fused-ring (bicyclic) bond motifs is 3. The zero-order valence-electron chi connectivity index (χ0n) is 14.7. The molecule has 0 unspecified atom stereocenters. The number of carbonyl (C=O) groups excluding carboxylic acids is 3. The maximum absolute atomic E-state index is 13.2. The highest BCUT2D eigenvalue weighted by molar-refractivity contribution is 7.10. The molecule has 2 aromatic rings. The van der Waals surface area contributed by atoms with Crippen molar-refractivity contribution in [1.82, 2.24) is 10.2 Å². The fourth-order valence-corrected chi connectivity index (χ4v) is 5.50. The molecular formula is C20H19N3O3S. The molecule has 6 nitrogen and oxygen atoms in total. The zero-order valence-corrected chi connectivity index (χ0v) is 15.6. The molecule has 0 bridgehead atoms. The van der Waals surface area contributed by atoms with Gasteiger partial charge in [-0.3, -0.25) is 14.5 Å². The average Bonchev–Trinajstić information content (AvgIpc) is 3.36. The summed E-state index contributed by atoms with van der Waals surface area (Å²) in [5.41, 5.74) is 1.91. The number of urea groups is 1. The Bertz CT molecular complexity index is 969. The standard InChI is InChI=1S/C20H19N3O3S/c24-17(22-10-7-13-4-1-2-5-15(13)22)12-23-18(25)20(21-19(23)26)9-3-6-16-14(20)8-11-27-16/h1-2,4-5,8,11H,3,6-7,9-10,12H2,(H,21,26)/t20-/m1/s1. The van der Waals surface area contributed by atoms with Crippen LogP contribution >= 0.6 is 11.3 Å². The maximum atomic E-state index is 13.2. The molecule has 138 valence electrons. The van der Waals surface area contributed by atoms with E-state index in [9.17, 15) is 14.4 Å². The summed E-state index contributed by atoms with van der Waals surface area (Å²) in [6, 6.07) is 9.22. The van der Waals surface area contributed by atoms with Gasteiger partial charge in [0.1, 0.15) is 12.1 Å². The minimum atomic E-state index is -0.992. The summed E-state index contributed by atoms with van der Waals surface area (Å²) < 4.78 is 0. The fourth-order valence-electron chi connectivity index (χ4n) is 4.50. The van der Waals surface area contributed by atoms with E-state index in [4.69, 9.17) is 0 Å². The number of nitrogens with zero attached hydrogens (tertiary/aromatic N) is 2. The summed E-state index contributed by atoms with van der Waals surface area (Å²) in [6.07, 6.45) is 3.16. The van der Waals surface area contributed by atoms with Crippen LogP contribution in [-0.2, 0) is 28.0 Å². The first-order valence-electron chi connectivity index (χ1n) is 9.19. The second-order valence-corrected chi connectivity index (χ2v) is 8.26. The number of hydrogen-bond acceptors (Lipinski definition) is 4. The van der Waals surface area contributed by atoms with E-state index < -0.39 is 11.6 Å². The first kappa shape index (κ1) is 16.5. The Morgan fingerprint density at radius 1 is 1.19 bits per heavy atom. The van der Waals surface area contributed by atoms with Crippen molar-refractivity contribution in [2.24, 2.45) is 0 Å². The van der Waals surface area contributed by atoms with Crippen LogP contribution in [0.1, 0.15) is 28.8 Å². The van der Waals surface area contributed by atoms with Gasteiger partial charge in [0.05, 0.1) is 0 Å². The number of anilines is 1. The van der Waals surface area contributed by atoms with Crippen molar-refractivity contribution in [3.05, 3.63) is 51.7 Å². The van der Waals surface area contributed by atoms with Crippen LogP contribution in [0.2, 0.25) is 0 Å². The number of amides is 4. The number of nitrogens with one attached hydrogen (secondary N) is 1. The molecular weight excluding hydrogens is 362 g/mol. The Hall–Kier alpha value is -2.67. The lowest BCUT2D eigenvalue weighted by molar-refractivity contribution is -0.135. The van der Waals surface area contributed by atoms with Crippen molar-refractivity contribution in [2.45, 2.75) is 31.2 Å². The maximum Gasteiger partial charge on any atom is 0.325 e. The number of thiophene rings is 1. The SMILES string of the molecule is O=C1N[C@@]2(CCCc3sccc32)C(=O)N1CC(=O)N1CCc2ccccc21. The van der Waals surface area contributed by atoms with Crippen molar-refractivity contribution in [2.75, 3.05) is 18.0 Å². The Morgan fingerprint density at radius 3 is 2.93 bits per heavy atom. The number of para-hydroxylation sites is 1. The normalized spacial score (nSPS) is 23.6. The van der Waals surface area contributed by atoms with Crippen molar-refractivity contribution < 1.29 is 14.4 Å². The predicted octanol–water partition coefficient (Wildman–Crippen LogP) is 2.42. The van der Waals surface area contributed by atoms with Gasteiger partial charge >= 0.3 is 6.03 Å². The van der Waals surface area contributed by atoms with Gasteiger partial charge in [-0.15, -0.1) is 11.3 Å². The highest BCUT2D eigenvalue weighted by Gasteiger charge is 2.54. The van der Waals surface area contributed by atoms with Crippen LogP contribution in [0.25, 0.3) is 0 Å². The highest BCUT2D eigenvalue weighted by atomic mass is 32.1. The molecule has 1 atom stereocenters. The third-order valence-corrected chi connectivity index (χ3v) is 6.80. The lowest BCUT2D eigenvalue weighted by Gasteiger charge is -2.31. The van der Waals surface area contributed by atoms with Crippen LogP contribution in [0.5, 0.6) is 0 Å². The summed E-state index contributed by atoms with van der Waals surface area (Å²) >= 11 is 1.62. The Labute approximate surface area is 160 Å². The van der Waals surface area contributed by atoms with Crippen LogP contribution in [0.3, 0.4) is 0 Å². The van der Waals surface area contributed by atoms with Gasteiger partial charge in [-0.1, -0.05) is 18.2 Å². The van der Waals surface area contributed by atoms with E-state index >= 15 is 0 Å². The minimum absolute atomic E-state index is 0.221. The summed E-state index contributed by atoms with van der Waals surface area (Å²) in [6.45, 7) is 0.363. The van der Waals surface area contributed by atoms with Crippen LogP contribution in [0.15, 0.2) is 35.7 Å². The quantitative estimate of drug-likeness (QED) is 0.813. The number of rotatable bonds is 2. The van der Waals surface area contributed by atoms with E-state index in [1.54, 1.807) is 16.2 Å². The molecule has 1 aromatic carbocycles. The van der Waals surface area contributed by atoms with Crippen LogP contribution in [0.4, 0.5) is 10.5 Å². The summed E-state index contributed by atoms with van der Waals surface area (Å²) in [4.78, 5) is 42.6. The van der Waals surface area contributed by atoms with Crippen molar-refractivity contribution in [3.8, 4) is 0 Å². The second-order valence-electron chi connectivity index (χ2n) is 7.26. The minimum Gasteiger partial charge on any atom is -0.319 e. The van der Waals surface area contributed by atoms with Crippen LogP contribution in [-0.4, -0.2) is 35.8 Å². The zero-order chi connectivity index (χ0) is 18.6. The molecule has 7 heteroatoms. The largest absolute Gasteiger partial charge is 0.325 e. The third-order valence-electron chi connectivity index (χ3n) is 5.82. The van der Waals surface area contributed by atoms with E-state index in [0.717, 1.165) is 45.9 Å². The molecule has 1 aromatic heterocycles. The first-order valence-corrected chi connectivity index (χ1v) is 10.1. The average molecular weight is 381 g/mol. The Morgan fingerprint density at radius 2 is 2.04 bits per heavy atom.